The number of likely N-dealkylation sites (N-methyl/N-ethyl adjacent to an activating group) is 1. The molecule has 0 rings (SSSR count). The van der Waals surface area contributed by atoms with Crippen molar-refractivity contribution < 1.29 is 42.1 Å². The zero-order valence-electron chi connectivity index (χ0n) is 44.5. The summed E-state index contributed by atoms with van der Waals surface area (Å²) in [6, 6.07) is 0. The topological polar surface area (TPSA) is 108 Å². The van der Waals surface area contributed by atoms with E-state index in [9.17, 15) is 19.0 Å². The van der Waals surface area contributed by atoms with Crippen LogP contribution in [0.25, 0.3) is 0 Å². The van der Waals surface area contributed by atoms with Crippen LogP contribution in [0.5, 0.6) is 0 Å². The number of allylic oxidation sites excluding steroid dienone is 2. The minimum Gasteiger partial charge on any atom is -0.462 e. The maximum absolute atomic E-state index is 12.8. The Morgan fingerprint density at radius 3 is 1.17 bits per heavy atom. The molecule has 392 valence electrons. The molecule has 0 aromatic rings. The first-order valence-corrected chi connectivity index (χ1v) is 29.9. The van der Waals surface area contributed by atoms with Crippen LogP contribution in [0, 0.1) is 0 Å². The molecule has 9 nitrogen and oxygen atoms in total. The van der Waals surface area contributed by atoms with Crippen molar-refractivity contribution in [2.75, 3.05) is 47.5 Å². The minimum atomic E-state index is -4.38. The summed E-state index contributed by atoms with van der Waals surface area (Å²) in [5.74, 6) is -0.816. The number of phosphoric ester groups is 1. The SMILES string of the molecule is CCCCCCCCCCCCCCCCCCCC/C=C/CCCC(=O)O[C@H](COC(=O)CCCCCCCCCCCCCCCCCCCCC)COP(=O)(O)OCC[N+](C)(C)C. The number of phosphoric acid groups is 1. The molecule has 0 amide bonds. The summed E-state index contributed by atoms with van der Waals surface area (Å²) in [4.78, 5) is 35.6. The summed E-state index contributed by atoms with van der Waals surface area (Å²) in [6.45, 7) is 4.46. The molecule has 0 spiro atoms. The van der Waals surface area contributed by atoms with Crippen molar-refractivity contribution in [3.8, 4) is 0 Å². The van der Waals surface area contributed by atoms with Gasteiger partial charge in [-0.25, -0.2) is 4.57 Å². The Morgan fingerprint density at radius 1 is 0.455 bits per heavy atom. The highest BCUT2D eigenvalue weighted by Crippen LogP contribution is 2.43. The van der Waals surface area contributed by atoms with E-state index < -0.39 is 26.5 Å². The fraction of sp³-hybridized carbons (Fsp3) is 0.929. The molecular weight excluding hydrogens is 846 g/mol. The number of ether oxygens (including phenoxy) is 2. The maximum Gasteiger partial charge on any atom is 0.472 e. The van der Waals surface area contributed by atoms with Gasteiger partial charge in [-0.3, -0.25) is 18.6 Å². The number of hydrogen-bond donors (Lipinski definition) is 1. The number of carbonyl (C=O) groups excluding carboxylic acids is 2. The zero-order chi connectivity index (χ0) is 48.5. The Bertz CT molecular complexity index is 1130. The highest BCUT2D eigenvalue weighted by atomic mass is 31.2. The first-order chi connectivity index (χ1) is 32.0. The van der Waals surface area contributed by atoms with Gasteiger partial charge in [0.05, 0.1) is 27.7 Å². The van der Waals surface area contributed by atoms with Crippen LogP contribution in [0.2, 0.25) is 0 Å². The van der Waals surface area contributed by atoms with E-state index in [0.717, 1.165) is 32.1 Å². The van der Waals surface area contributed by atoms with Crippen LogP contribution >= 0.6 is 7.82 Å². The van der Waals surface area contributed by atoms with Gasteiger partial charge < -0.3 is 18.9 Å². The Labute approximate surface area is 409 Å². The normalized spacial score (nSPS) is 13.4. The van der Waals surface area contributed by atoms with Crippen LogP contribution in [0.4, 0.5) is 0 Å². The van der Waals surface area contributed by atoms with Crippen molar-refractivity contribution in [3.05, 3.63) is 12.2 Å². The number of carbonyl (C=O) groups is 2. The third-order valence-electron chi connectivity index (χ3n) is 12.8. The second-order valence-electron chi connectivity index (χ2n) is 20.7. The summed E-state index contributed by atoms with van der Waals surface area (Å²) < 4.78 is 34.5. The van der Waals surface area contributed by atoms with Gasteiger partial charge in [0.2, 0.25) is 0 Å². The van der Waals surface area contributed by atoms with Gasteiger partial charge in [0.1, 0.15) is 19.8 Å². The highest BCUT2D eigenvalue weighted by molar-refractivity contribution is 7.47. The third kappa shape index (κ3) is 52.1. The zero-order valence-corrected chi connectivity index (χ0v) is 45.4. The molecule has 0 radical (unpaired) electrons. The van der Waals surface area contributed by atoms with Gasteiger partial charge in [-0.15, -0.1) is 0 Å². The van der Waals surface area contributed by atoms with Crippen LogP contribution in [0.1, 0.15) is 284 Å². The number of esters is 2. The predicted molar refractivity (Wildman–Crippen MR) is 280 cm³/mol. The Kier molecular flexibility index (Phi) is 47.8. The molecule has 0 bridgehead atoms. The van der Waals surface area contributed by atoms with Gasteiger partial charge in [-0.1, -0.05) is 251 Å². The number of unbranched alkanes of at least 4 members (excludes halogenated alkanes) is 37. The number of nitrogens with zero attached hydrogens (tertiary/aromatic N) is 1. The largest absolute Gasteiger partial charge is 0.472 e. The molecule has 66 heavy (non-hydrogen) atoms. The highest BCUT2D eigenvalue weighted by Gasteiger charge is 2.27. The summed E-state index contributed by atoms with van der Waals surface area (Å²) >= 11 is 0. The summed E-state index contributed by atoms with van der Waals surface area (Å²) in [7, 11) is 1.48. The van der Waals surface area contributed by atoms with E-state index in [-0.39, 0.29) is 25.6 Å². The van der Waals surface area contributed by atoms with E-state index in [1.54, 1.807) is 0 Å². The number of quaternary nitrogens is 1. The fourth-order valence-corrected chi connectivity index (χ4v) is 9.12. The number of rotatable bonds is 53. The molecule has 10 heteroatoms. The van der Waals surface area contributed by atoms with E-state index in [2.05, 4.69) is 26.0 Å². The van der Waals surface area contributed by atoms with E-state index in [1.807, 2.05) is 21.1 Å². The second-order valence-corrected chi connectivity index (χ2v) is 22.1. The van der Waals surface area contributed by atoms with Crippen molar-refractivity contribution in [1.29, 1.82) is 0 Å². The quantitative estimate of drug-likeness (QED) is 0.0211. The summed E-state index contributed by atoms with van der Waals surface area (Å²) in [5, 5.41) is 0. The van der Waals surface area contributed by atoms with Gasteiger partial charge in [0, 0.05) is 12.8 Å². The molecule has 0 aliphatic heterocycles. The van der Waals surface area contributed by atoms with E-state index >= 15 is 0 Å². The smallest absolute Gasteiger partial charge is 0.462 e. The van der Waals surface area contributed by atoms with Gasteiger partial charge in [0.15, 0.2) is 6.10 Å². The van der Waals surface area contributed by atoms with Crippen LogP contribution in [0.15, 0.2) is 12.2 Å². The lowest BCUT2D eigenvalue weighted by atomic mass is 10.0. The van der Waals surface area contributed by atoms with E-state index in [0.29, 0.717) is 23.9 Å². The van der Waals surface area contributed by atoms with Crippen LogP contribution in [0.3, 0.4) is 0 Å². The molecule has 0 fully saturated rings. The molecule has 0 aromatic heterocycles. The Balaban J connectivity index is 4.17. The molecule has 1 N–H and O–H groups in total. The Morgan fingerprint density at radius 2 is 0.788 bits per heavy atom. The minimum absolute atomic E-state index is 0.0310. The lowest BCUT2D eigenvalue weighted by Crippen LogP contribution is -2.37. The number of hydrogen-bond acceptors (Lipinski definition) is 7. The molecule has 0 aliphatic rings. The molecular formula is C56H111NO8P+. The van der Waals surface area contributed by atoms with E-state index in [4.69, 9.17) is 18.5 Å². The van der Waals surface area contributed by atoms with Crippen molar-refractivity contribution in [2.45, 2.75) is 290 Å². The molecule has 0 heterocycles. The van der Waals surface area contributed by atoms with Crippen LogP contribution < -0.4 is 0 Å². The monoisotopic (exact) mass is 957 g/mol. The van der Waals surface area contributed by atoms with Crippen molar-refractivity contribution >= 4 is 19.8 Å². The van der Waals surface area contributed by atoms with Crippen molar-refractivity contribution in [3.63, 3.8) is 0 Å². The van der Waals surface area contributed by atoms with Gasteiger partial charge >= 0.3 is 19.8 Å². The first-order valence-electron chi connectivity index (χ1n) is 28.4. The third-order valence-corrected chi connectivity index (χ3v) is 13.8. The van der Waals surface area contributed by atoms with Crippen molar-refractivity contribution in [1.82, 2.24) is 0 Å². The lowest BCUT2D eigenvalue weighted by molar-refractivity contribution is -0.870. The summed E-state index contributed by atoms with van der Waals surface area (Å²) in [5.41, 5.74) is 0. The van der Waals surface area contributed by atoms with Crippen molar-refractivity contribution in [2.24, 2.45) is 0 Å². The lowest BCUT2D eigenvalue weighted by Gasteiger charge is -2.24. The summed E-state index contributed by atoms with van der Waals surface area (Å²) in [6.07, 6.45) is 55.7. The maximum atomic E-state index is 12.8. The molecule has 1 unspecified atom stereocenters. The Hall–Kier alpha value is -1.25. The fourth-order valence-electron chi connectivity index (χ4n) is 8.38. The predicted octanol–water partition coefficient (Wildman–Crippen LogP) is 17.3. The molecule has 0 aromatic carbocycles. The average molecular weight is 957 g/mol. The van der Waals surface area contributed by atoms with Gasteiger partial charge in [-0.05, 0) is 32.1 Å². The first kappa shape index (κ1) is 64.8. The molecule has 0 aliphatic carbocycles. The van der Waals surface area contributed by atoms with Gasteiger partial charge in [-0.2, -0.15) is 0 Å². The average Bonchev–Trinajstić information content (AvgIpc) is 3.27. The van der Waals surface area contributed by atoms with Gasteiger partial charge in [0.25, 0.3) is 0 Å². The molecule has 0 saturated carbocycles. The van der Waals surface area contributed by atoms with E-state index in [1.165, 1.54) is 218 Å². The second kappa shape index (κ2) is 48.8. The molecule has 0 saturated heterocycles. The molecule has 2 atom stereocenters. The van der Waals surface area contributed by atoms with Crippen LogP contribution in [-0.2, 0) is 32.7 Å². The van der Waals surface area contributed by atoms with Crippen LogP contribution in [-0.4, -0.2) is 74.9 Å². The standard InChI is InChI=1S/C56H110NO8P/c1-6-8-10-12-14-16-18-20-22-24-26-27-28-29-31-33-35-37-39-41-43-45-47-49-56(59)65-54(53-64-66(60,61)63-51-50-57(3,4)5)52-62-55(58)48-46-44-42-40-38-36-34-32-30-25-23-21-19-17-15-13-11-9-7-2/h41,43,54H,6-40,42,44-53H2,1-5H3/p+1/b43-41+/t54-/m1/s1.